The average Bonchev–Trinajstić information content (AvgIpc) is 2.72. The summed E-state index contributed by atoms with van der Waals surface area (Å²) in [5, 5.41) is 10.9. The van der Waals surface area contributed by atoms with E-state index in [9.17, 15) is 31.7 Å². The minimum absolute atomic E-state index is 0.0127. The highest BCUT2D eigenvalue weighted by Gasteiger charge is 2.36. The summed E-state index contributed by atoms with van der Waals surface area (Å²) in [5.74, 6) is 0.00964. The van der Waals surface area contributed by atoms with Gasteiger partial charge in [-0.05, 0) is 30.2 Å². The lowest BCUT2D eigenvalue weighted by Crippen LogP contribution is -2.56. The molecule has 0 bridgehead atoms. The lowest BCUT2D eigenvalue weighted by Gasteiger charge is -2.44. The summed E-state index contributed by atoms with van der Waals surface area (Å²) in [5.41, 5.74) is -0.350. The minimum Gasteiger partial charge on any atom is -0.368 e. The molecule has 2 heterocycles. The first-order valence-electron chi connectivity index (χ1n) is 10.1. The van der Waals surface area contributed by atoms with Gasteiger partial charge in [0.05, 0.1) is 10.9 Å². The Balaban J connectivity index is 1.92. The zero-order valence-electron chi connectivity index (χ0n) is 18.3. The number of nitrogens with zero attached hydrogens (tertiary/aromatic N) is 5. The van der Waals surface area contributed by atoms with Gasteiger partial charge in [0.15, 0.2) is 9.84 Å². The van der Waals surface area contributed by atoms with Gasteiger partial charge >= 0.3 is 6.18 Å². The summed E-state index contributed by atoms with van der Waals surface area (Å²) in [6.45, 7) is 4.32. The number of nitro groups is 1. The third-order valence-corrected chi connectivity index (χ3v) is 6.67. The smallest absolute Gasteiger partial charge is 0.368 e. The van der Waals surface area contributed by atoms with Gasteiger partial charge in [0, 0.05) is 48.3 Å². The highest BCUT2D eigenvalue weighted by molar-refractivity contribution is 7.90. The molecule has 2 aromatic rings. The van der Waals surface area contributed by atoms with Crippen LogP contribution in [0.25, 0.3) is 0 Å². The minimum atomic E-state index is -4.58. The Morgan fingerprint density at radius 2 is 1.94 bits per heavy atom. The number of halogens is 3. The van der Waals surface area contributed by atoms with Crippen LogP contribution in [0.4, 0.5) is 24.8 Å². The summed E-state index contributed by atoms with van der Waals surface area (Å²) in [4.78, 5) is 21.6. The van der Waals surface area contributed by atoms with Crippen LogP contribution in [0.1, 0.15) is 25.1 Å². The summed E-state index contributed by atoms with van der Waals surface area (Å²) in [6, 6.07) is 5.05. The number of benzene rings is 1. The highest BCUT2D eigenvalue weighted by atomic mass is 32.2. The van der Waals surface area contributed by atoms with E-state index in [-0.39, 0.29) is 28.4 Å². The first-order valence-corrected chi connectivity index (χ1v) is 12.0. The van der Waals surface area contributed by atoms with E-state index in [2.05, 4.69) is 9.97 Å². The molecule has 13 heteroatoms. The van der Waals surface area contributed by atoms with E-state index in [1.54, 1.807) is 11.0 Å². The fourth-order valence-corrected chi connectivity index (χ4v) is 4.81. The zero-order chi connectivity index (χ0) is 24.6. The van der Waals surface area contributed by atoms with E-state index >= 15 is 0 Å². The van der Waals surface area contributed by atoms with Crippen LogP contribution in [0.2, 0.25) is 0 Å². The third kappa shape index (κ3) is 5.70. The number of sulfone groups is 1. The second kappa shape index (κ2) is 9.12. The largest absolute Gasteiger partial charge is 0.433 e. The Morgan fingerprint density at radius 3 is 2.52 bits per heavy atom. The van der Waals surface area contributed by atoms with E-state index in [1.807, 2.05) is 18.7 Å². The molecule has 1 aliphatic rings. The van der Waals surface area contributed by atoms with Gasteiger partial charge in [-0.2, -0.15) is 13.2 Å². The number of alkyl halides is 3. The molecule has 0 saturated carbocycles. The molecule has 0 aliphatic carbocycles. The van der Waals surface area contributed by atoms with Crippen LogP contribution in [-0.4, -0.2) is 55.2 Å². The number of rotatable bonds is 6. The van der Waals surface area contributed by atoms with Crippen molar-refractivity contribution in [3.8, 4) is 0 Å². The Hall–Kier alpha value is -2.96. The van der Waals surface area contributed by atoms with Gasteiger partial charge in [0.25, 0.3) is 0 Å². The van der Waals surface area contributed by atoms with Crippen molar-refractivity contribution in [1.29, 1.82) is 0 Å². The summed E-state index contributed by atoms with van der Waals surface area (Å²) < 4.78 is 63.8. The first-order chi connectivity index (χ1) is 15.3. The molecular formula is C20H24F3N5O4S. The van der Waals surface area contributed by atoms with E-state index in [4.69, 9.17) is 0 Å². The van der Waals surface area contributed by atoms with Crippen molar-refractivity contribution in [2.24, 2.45) is 5.92 Å². The van der Waals surface area contributed by atoms with Crippen LogP contribution in [0.5, 0.6) is 0 Å². The highest BCUT2D eigenvalue weighted by Crippen LogP contribution is 2.31. The van der Waals surface area contributed by atoms with Crippen molar-refractivity contribution in [2.45, 2.75) is 37.5 Å². The Morgan fingerprint density at radius 1 is 1.24 bits per heavy atom. The molecule has 33 heavy (non-hydrogen) atoms. The summed E-state index contributed by atoms with van der Waals surface area (Å²) >= 11 is 0. The van der Waals surface area contributed by atoms with Gasteiger partial charge < -0.3 is 9.80 Å². The molecule has 1 aliphatic heterocycles. The Kier molecular flexibility index (Phi) is 6.82. The van der Waals surface area contributed by atoms with Gasteiger partial charge in [0.1, 0.15) is 5.69 Å². The maximum Gasteiger partial charge on any atom is 0.433 e. The molecule has 0 radical (unpaired) electrons. The van der Waals surface area contributed by atoms with Crippen molar-refractivity contribution in [3.05, 3.63) is 51.8 Å². The van der Waals surface area contributed by atoms with E-state index in [1.165, 1.54) is 12.1 Å². The fourth-order valence-electron chi connectivity index (χ4n) is 3.86. The second-order valence-electron chi connectivity index (χ2n) is 8.25. The van der Waals surface area contributed by atoms with Crippen molar-refractivity contribution < 1.29 is 26.5 Å². The SMILES string of the molecule is CC(C)[C@@H]1CN(c2ccc(C[N+](=O)[O-])c(S(C)(=O)=O)c2)CCN1c1nccc(C(F)(F)F)n1. The quantitative estimate of drug-likeness (QED) is 0.452. The number of hydrogen-bond acceptors (Lipinski definition) is 8. The molecule has 3 rings (SSSR count). The predicted octanol–water partition coefficient (Wildman–Crippen LogP) is 3.03. The molecule has 1 saturated heterocycles. The second-order valence-corrected chi connectivity index (χ2v) is 10.2. The number of hydrogen-bond donors (Lipinski definition) is 0. The number of aromatic nitrogens is 2. The van der Waals surface area contributed by atoms with Gasteiger partial charge in [-0.1, -0.05) is 13.8 Å². The van der Waals surface area contributed by atoms with Crippen molar-refractivity contribution in [3.63, 3.8) is 0 Å². The van der Waals surface area contributed by atoms with Crippen LogP contribution >= 0.6 is 0 Å². The molecule has 1 aromatic heterocycles. The van der Waals surface area contributed by atoms with E-state index < -0.39 is 33.2 Å². The number of anilines is 2. The van der Waals surface area contributed by atoms with Gasteiger partial charge in [-0.15, -0.1) is 0 Å². The monoisotopic (exact) mass is 487 g/mol. The average molecular weight is 488 g/mol. The molecule has 0 spiro atoms. The van der Waals surface area contributed by atoms with Gasteiger partial charge in [0.2, 0.25) is 12.5 Å². The molecule has 1 aromatic carbocycles. The number of piperazine rings is 1. The Bertz CT molecular complexity index is 1140. The van der Waals surface area contributed by atoms with Gasteiger partial charge in [-0.25, -0.2) is 18.4 Å². The molecule has 0 unspecified atom stereocenters. The molecule has 0 N–H and O–H groups in total. The summed E-state index contributed by atoms with van der Waals surface area (Å²) in [6.07, 6.45) is -2.50. The zero-order valence-corrected chi connectivity index (χ0v) is 19.1. The van der Waals surface area contributed by atoms with E-state index in [0.717, 1.165) is 18.5 Å². The van der Waals surface area contributed by atoms with Crippen molar-refractivity contribution in [1.82, 2.24) is 9.97 Å². The lowest BCUT2D eigenvalue weighted by atomic mass is 9.99. The first kappa shape index (κ1) is 24.7. The molecule has 1 fully saturated rings. The van der Waals surface area contributed by atoms with Crippen LogP contribution in [0.3, 0.4) is 0 Å². The molecular weight excluding hydrogens is 463 g/mol. The molecule has 180 valence electrons. The normalized spacial score (nSPS) is 17.5. The standard InChI is InChI=1S/C20H24F3N5O4S/c1-13(2)16-12-26(8-9-27(16)19-24-7-6-18(25-19)20(21,22)23)15-5-4-14(11-28(29)30)17(10-15)33(3,31)32/h4-7,10,13,16H,8-9,11-12H2,1-3H3/t16-/m0/s1. The van der Waals surface area contributed by atoms with Crippen LogP contribution in [0, 0.1) is 16.0 Å². The van der Waals surface area contributed by atoms with Crippen molar-refractivity contribution >= 4 is 21.5 Å². The van der Waals surface area contributed by atoms with Crippen LogP contribution in [0.15, 0.2) is 35.4 Å². The lowest BCUT2D eigenvalue weighted by molar-refractivity contribution is -0.497. The maximum atomic E-state index is 13.1. The van der Waals surface area contributed by atoms with Crippen LogP contribution < -0.4 is 9.80 Å². The maximum absolute atomic E-state index is 13.1. The fraction of sp³-hybridized carbons (Fsp3) is 0.500. The Labute approximate surface area is 189 Å². The predicted molar refractivity (Wildman–Crippen MR) is 115 cm³/mol. The summed E-state index contributed by atoms with van der Waals surface area (Å²) in [7, 11) is -3.71. The molecule has 1 atom stereocenters. The van der Waals surface area contributed by atoms with Gasteiger partial charge in [-0.3, -0.25) is 10.1 Å². The molecule has 9 nitrogen and oxygen atoms in total. The van der Waals surface area contributed by atoms with E-state index in [0.29, 0.717) is 25.3 Å². The van der Waals surface area contributed by atoms with Crippen molar-refractivity contribution in [2.75, 3.05) is 35.7 Å². The third-order valence-electron chi connectivity index (χ3n) is 5.49. The van der Waals surface area contributed by atoms with Crippen LogP contribution in [-0.2, 0) is 22.6 Å². The topological polar surface area (TPSA) is 110 Å². The molecule has 0 amide bonds.